The van der Waals surface area contributed by atoms with Gasteiger partial charge in [0.1, 0.15) is 17.4 Å². The Morgan fingerprint density at radius 2 is 2.00 bits per heavy atom. The number of methoxy groups -OCH3 is 2. The van der Waals surface area contributed by atoms with Crippen molar-refractivity contribution in [1.29, 1.82) is 0 Å². The third kappa shape index (κ3) is 3.49. The summed E-state index contributed by atoms with van der Waals surface area (Å²) in [5, 5.41) is 6.67. The summed E-state index contributed by atoms with van der Waals surface area (Å²) >= 11 is 0. The van der Waals surface area contributed by atoms with E-state index in [0.717, 1.165) is 11.1 Å². The Labute approximate surface area is 165 Å². The van der Waals surface area contributed by atoms with Gasteiger partial charge in [-0.1, -0.05) is 0 Å². The molecule has 0 spiro atoms. The molecule has 148 valence electrons. The lowest BCUT2D eigenvalue weighted by Crippen LogP contribution is -2.24. The van der Waals surface area contributed by atoms with Crippen LogP contribution in [0.5, 0.6) is 11.6 Å². The van der Waals surface area contributed by atoms with Gasteiger partial charge in [-0.25, -0.2) is 9.18 Å². The summed E-state index contributed by atoms with van der Waals surface area (Å²) in [5.74, 6) is 0.871. The van der Waals surface area contributed by atoms with Crippen molar-refractivity contribution in [2.75, 3.05) is 14.2 Å². The number of hydrogen-bond acceptors (Lipinski definition) is 5. The summed E-state index contributed by atoms with van der Waals surface area (Å²) in [4.78, 5) is 17.3. The second kappa shape index (κ2) is 7.63. The van der Waals surface area contributed by atoms with Crippen molar-refractivity contribution in [2.45, 2.75) is 6.54 Å². The van der Waals surface area contributed by atoms with Crippen LogP contribution in [0.1, 0.15) is 5.56 Å². The van der Waals surface area contributed by atoms with Crippen molar-refractivity contribution in [3.63, 3.8) is 0 Å². The quantitative estimate of drug-likeness (QED) is 0.542. The topological polar surface area (TPSA) is 87.0 Å². The SMILES string of the molecule is COc1ccc(F)c(Cn2ccn(-c3ccc(-c4cn[nH]c4)c(OC)n3)c2=O)c1. The smallest absolute Gasteiger partial charge is 0.334 e. The van der Waals surface area contributed by atoms with Gasteiger partial charge in [0.05, 0.1) is 27.0 Å². The maximum absolute atomic E-state index is 14.1. The Morgan fingerprint density at radius 3 is 2.72 bits per heavy atom. The first kappa shape index (κ1) is 18.5. The van der Waals surface area contributed by atoms with Crippen LogP contribution < -0.4 is 15.2 Å². The summed E-state index contributed by atoms with van der Waals surface area (Å²) in [6, 6.07) is 7.93. The second-order valence-electron chi connectivity index (χ2n) is 6.25. The fourth-order valence-electron chi connectivity index (χ4n) is 3.03. The van der Waals surface area contributed by atoms with Crippen LogP contribution in [0.25, 0.3) is 16.9 Å². The highest BCUT2D eigenvalue weighted by atomic mass is 19.1. The largest absolute Gasteiger partial charge is 0.497 e. The normalized spacial score (nSPS) is 10.9. The molecule has 0 atom stereocenters. The third-order valence-corrected chi connectivity index (χ3v) is 4.54. The predicted octanol–water partition coefficient (Wildman–Crippen LogP) is 2.63. The van der Waals surface area contributed by atoms with Gasteiger partial charge in [0.15, 0.2) is 0 Å². The van der Waals surface area contributed by atoms with Crippen LogP contribution in [-0.2, 0) is 6.54 Å². The monoisotopic (exact) mass is 395 g/mol. The van der Waals surface area contributed by atoms with Crippen molar-refractivity contribution < 1.29 is 13.9 Å². The molecule has 9 heteroatoms. The standard InChI is InChI=1S/C20H18FN5O3/c1-28-15-3-5-17(21)13(9-15)12-25-7-8-26(20(25)27)18-6-4-16(19(24-18)29-2)14-10-22-23-11-14/h3-11H,12H2,1-2H3,(H,22,23). The lowest BCUT2D eigenvalue weighted by molar-refractivity contribution is 0.399. The van der Waals surface area contributed by atoms with Gasteiger partial charge in [-0.2, -0.15) is 10.1 Å². The molecule has 0 aliphatic carbocycles. The minimum absolute atomic E-state index is 0.0686. The summed E-state index contributed by atoms with van der Waals surface area (Å²) in [6.45, 7) is 0.0686. The molecule has 8 nitrogen and oxygen atoms in total. The van der Waals surface area contributed by atoms with E-state index in [1.54, 1.807) is 43.0 Å². The molecule has 0 aliphatic heterocycles. The van der Waals surface area contributed by atoms with E-state index in [2.05, 4.69) is 15.2 Å². The molecule has 0 unspecified atom stereocenters. The first-order chi connectivity index (χ1) is 14.1. The number of ether oxygens (including phenoxy) is 2. The van der Waals surface area contributed by atoms with Crippen LogP contribution in [-0.4, -0.2) is 38.5 Å². The average Bonchev–Trinajstić information content (AvgIpc) is 3.40. The summed E-state index contributed by atoms with van der Waals surface area (Å²) in [6.07, 6.45) is 6.55. The molecule has 0 fully saturated rings. The highest BCUT2D eigenvalue weighted by Crippen LogP contribution is 2.28. The zero-order chi connectivity index (χ0) is 20.4. The lowest BCUT2D eigenvalue weighted by atomic mass is 10.1. The molecule has 0 amide bonds. The number of imidazole rings is 1. The molecule has 0 bridgehead atoms. The van der Waals surface area contributed by atoms with E-state index in [9.17, 15) is 9.18 Å². The Morgan fingerprint density at radius 1 is 1.14 bits per heavy atom. The van der Waals surface area contributed by atoms with Gasteiger partial charge in [0.25, 0.3) is 0 Å². The van der Waals surface area contributed by atoms with Gasteiger partial charge >= 0.3 is 5.69 Å². The Kier molecular flexibility index (Phi) is 4.86. The van der Waals surface area contributed by atoms with Gasteiger partial charge < -0.3 is 9.47 Å². The van der Waals surface area contributed by atoms with Crippen LogP contribution >= 0.6 is 0 Å². The fourth-order valence-corrected chi connectivity index (χ4v) is 3.03. The minimum Gasteiger partial charge on any atom is -0.497 e. The number of nitrogens with one attached hydrogen (secondary N) is 1. The molecule has 1 aromatic carbocycles. The zero-order valence-electron chi connectivity index (χ0n) is 15.8. The van der Waals surface area contributed by atoms with Crippen LogP contribution in [0.3, 0.4) is 0 Å². The molecule has 0 saturated carbocycles. The molecule has 29 heavy (non-hydrogen) atoms. The molecule has 4 aromatic rings. The van der Waals surface area contributed by atoms with Crippen LogP contribution in [0.4, 0.5) is 4.39 Å². The van der Waals surface area contributed by atoms with E-state index in [1.165, 1.54) is 35.5 Å². The van der Waals surface area contributed by atoms with E-state index in [4.69, 9.17) is 9.47 Å². The van der Waals surface area contributed by atoms with Crippen molar-refractivity contribution in [3.05, 3.63) is 77.0 Å². The van der Waals surface area contributed by atoms with Crippen LogP contribution in [0, 0.1) is 5.82 Å². The van der Waals surface area contributed by atoms with Gasteiger partial charge in [-0.15, -0.1) is 0 Å². The van der Waals surface area contributed by atoms with Gasteiger partial charge in [0.2, 0.25) is 5.88 Å². The summed E-state index contributed by atoms with van der Waals surface area (Å²) < 4.78 is 27.4. The highest BCUT2D eigenvalue weighted by Gasteiger charge is 2.14. The summed E-state index contributed by atoms with van der Waals surface area (Å²) in [5.41, 5.74) is 1.57. The molecular weight excluding hydrogens is 377 g/mol. The van der Waals surface area contributed by atoms with Gasteiger partial charge in [0, 0.05) is 35.3 Å². The van der Waals surface area contributed by atoms with E-state index >= 15 is 0 Å². The van der Waals surface area contributed by atoms with Crippen molar-refractivity contribution in [1.82, 2.24) is 24.3 Å². The minimum atomic E-state index is -0.408. The zero-order valence-corrected chi connectivity index (χ0v) is 15.8. The maximum Gasteiger partial charge on any atom is 0.334 e. The number of H-pyrrole nitrogens is 1. The molecule has 3 heterocycles. The van der Waals surface area contributed by atoms with Crippen LogP contribution in [0.15, 0.2) is 59.9 Å². The van der Waals surface area contributed by atoms with E-state index in [1.807, 2.05) is 0 Å². The van der Waals surface area contributed by atoms with E-state index in [0.29, 0.717) is 23.0 Å². The number of halogens is 1. The first-order valence-electron chi connectivity index (χ1n) is 8.75. The molecular formula is C20H18FN5O3. The van der Waals surface area contributed by atoms with Crippen molar-refractivity contribution in [2.24, 2.45) is 0 Å². The van der Waals surface area contributed by atoms with Gasteiger partial charge in [-0.05, 0) is 30.3 Å². The lowest BCUT2D eigenvalue weighted by Gasteiger charge is -2.09. The molecule has 0 radical (unpaired) electrons. The number of hydrogen-bond donors (Lipinski definition) is 1. The first-order valence-corrected chi connectivity index (χ1v) is 8.75. The number of pyridine rings is 1. The molecule has 4 rings (SSSR count). The number of rotatable bonds is 6. The number of nitrogens with zero attached hydrogens (tertiary/aromatic N) is 4. The predicted molar refractivity (Wildman–Crippen MR) is 104 cm³/mol. The van der Waals surface area contributed by atoms with E-state index < -0.39 is 5.82 Å². The van der Waals surface area contributed by atoms with Crippen molar-refractivity contribution in [3.8, 4) is 28.6 Å². The number of aromatic amines is 1. The highest BCUT2D eigenvalue weighted by molar-refractivity contribution is 5.67. The third-order valence-electron chi connectivity index (χ3n) is 4.54. The molecule has 0 aliphatic rings. The second-order valence-corrected chi connectivity index (χ2v) is 6.25. The Hall–Kier alpha value is -3.88. The number of benzene rings is 1. The fraction of sp³-hybridized carbons (Fsp3) is 0.150. The summed E-state index contributed by atoms with van der Waals surface area (Å²) in [7, 11) is 3.02. The molecule has 3 aromatic heterocycles. The molecule has 1 N–H and O–H groups in total. The van der Waals surface area contributed by atoms with E-state index in [-0.39, 0.29) is 12.2 Å². The Balaban J connectivity index is 1.68. The van der Waals surface area contributed by atoms with Crippen LogP contribution in [0.2, 0.25) is 0 Å². The maximum atomic E-state index is 14.1. The molecule has 0 saturated heterocycles. The van der Waals surface area contributed by atoms with Gasteiger partial charge in [-0.3, -0.25) is 14.2 Å². The number of aromatic nitrogens is 5. The average molecular weight is 395 g/mol. The van der Waals surface area contributed by atoms with Crippen molar-refractivity contribution >= 4 is 0 Å². The Bertz CT molecular complexity index is 1200.